The average Bonchev–Trinajstić information content (AvgIpc) is 2.99. The minimum Gasteiger partial charge on any atom is -0.366 e. The molecule has 0 saturated heterocycles. The minimum atomic E-state index is -0.440. The van der Waals surface area contributed by atoms with Gasteiger partial charge in [-0.3, -0.25) is 4.79 Å². The van der Waals surface area contributed by atoms with Gasteiger partial charge in [-0.05, 0) is 25.7 Å². The molecule has 0 spiro atoms. The summed E-state index contributed by atoms with van der Waals surface area (Å²) in [5.74, 6) is -0.717. The number of carbonyl (C=O) groups excluding carboxylic acids is 2. The zero-order valence-electron chi connectivity index (χ0n) is 22.5. The fraction of sp³-hybridized carbons (Fsp3) is 0.516. The second-order valence-corrected chi connectivity index (χ2v) is 10.9. The first-order valence-electron chi connectivity index (χ1n) is 14.2. The van der Waals surface area contributed by atoms with Gasteiger partial charge >= 0.3 is 5.97 Å². The van der Waals surface area contributed by atoms with Crippen LogP contribution in [0.3, 0.4) is 0 Å². The lowest BCUT2D eigenvalue weighted by Crippen LogP contribution is -2.48. The summed E-state index contributed by atoms with van der Waals surface area (Å²) in [4.78, 5) is 33.0. The van der Waals surface area contributed by atoms with Crippen LogP contribution in [0, 0.1) is 5.92 Å². The molecular weight excluding hydrogens is 494 g/mol. The van der Waals surface area contributed by atoms with E-state index in [9.17, 15) is 9.59 Å². The lowest BCUT2D eigenvalue weighted by Gasteiger charge is -2.39. The predicted molar refractivity (Wildman–Crippen MR) is 155 cm³/mol. The fourth-order valence-electron chi connectivity index (χ4n) is 5.48. The van der Waals surface area contributed by atoms with Gasteiger partial charge in [0.25, 0.3) is 0 Å². The van der Waals surface area contributed by atoms with Crippen molar-refractivity contribution in [2.24, 2.45) is 11.0 Å². The summed E-state index contributed by atoms with van der Waals surface area (Å²) in [6.45, 7) is 1.57. The van der Waals surface area contributed by atoms with Gasteiger partial charge in [0.2, 0.25) is 5.91 Å². The van der Waals surface area contributed by atoms with Crippen molar-refractivity contribution in [1.29, 1.82) is 0 Å². The summed E-state index contributed by atoms with van der Waals surface area (Å²) in [6.07, 6.45) is 11.3. The Kier molecular flexibility index (Phi) is 10.8. The van der Waals surface area contributed by atoms with Crippen molar-refractivity contribution in [3.05, 3.63) is 71.8 Å². The molecule has 0 radical (unpaired) electrons. The summed E-state index contributed by atoms with van der Waals surface area (Å²) >= 11 is 4.34. The first kappa shape index (κ1) is 28.4. The number of amides is 1. The highest BCUT2D eigenvalue weighted by molar-refractivity contribution is 7.80. The molecule has 0 bridgehead atoms. The molecule has 0 N–H and O–H groups in total. The van der Waals surface area contributed by atoms with E-state index >= 15 is 0 Å². The van der Waals surface area contributed by atoms with Crippen molar-refractivity contribution in [3.8, 4) is 0 Å². The van der Waals surface area contributed by atoms with Gasteiger partial charge in [-0.1, -0.05) is 106 Å². The van der Waals surface area contributed by atoms with Gasteiger partial charge in [0.1, 0.15) is 6.54 Å². The molecule has 0 aliphatic heterocycles. The van der Waals surface area contributed by atoms with E-state index in [0.717, 1.165) is 62.5 Å². The molecule has 1 amide bonds. The van der Waals surface area contributed by atoms with Crippen LogP contribution in [0.15, 0.2) is 65.8 Å². The van der Waals surface area contributed by atoms with Crippen LogP contribution in [-0.4, -0.2) is 52.0 Å². The number of rotatable bonds is 10. The maximum absolute atomic E-state index is 13.5. The Morgan fingerprint density at radius 1 is 0.842 bits per heavy atom. The second-order valence-electron chi connectivity index (χ2n) is 10.6. The number of nitrogens with zero attached hydrogens (tertiary/aromatic N) is 3. The molecule has 0 heterocycles. The fourth-order valence-corrected chi connectivity index (χ4v) is 5.63. The Morgan fingerprint density at radius 3 is 1.76 bits per heavy atom. The standard InChI is InChI=1S/C31H41N3O3S/c1-24(23-38)31(36)33(32-30(25-14-6-2-7-15-25)26-16-8-3-9-17-26)22-29(35)37-34(27-18-10-4-11-19-27)28-20-12-5-13-21-28/h2-3,6-9,14-17,24,27-28,38H,4-5,10-13,18-23H2,1H3. The van der Waals surface area contributed by atoms with Gasteiger partial charge in [0, 0.05) is 34.9 Å². The SMILES string of the molecule is CC(CS)C(=O)N(CC(=O)ON(C1CCCCC1)C1CCCCC1)N=C(c1ccccc1)c1ccccc1. The molecule has 2 aliphatic rings. The van der Waals surface area contributed by atoms with Crippen molar-refractivity contribution in [3.63, 3.8) is 0 Å². The maximum Gasteiger partial charge on any atom is 0.346 e. The Morgan fingerprint density at radius 2 is 1.32 bits per heavy atom. The molecule has 2 aromatic rings. The number of hydrogen-bond donors (Lipinski definition) is 1. The van der Waals surface area contributed by atoms with Gasteiger partial charge in [-0.2, -0.15) is 17.7 Å². The molecule has 2 aliphatic carbocycles. The van der Waals surface area contributed by atoms with Crippen LogP contribution in [-0.2, 0) is 14.4 Å². The average molecular weight is 536 g/mol. The van der Waals surface area contributed by atoms with Crippen LogP contribution >= 0.6 is 12.6 Å². The Balaban J connectivity index is 1.61. The third kappa shape index (κ3) is 7.70. The van der Waals surface area contributed by atoms with Crippen molar-refractivity contribution in [1.82, 2.24) is 10.1 Å². The summed E-state index contributed by atoms with van der Waals surface area (Å²) in [7, 11) is 0. The topological polar surface area (TPSA) is 62.2 Å². The molecule has 2 saturated carbocycles. The van der Waals surface area contributed by atoms with Crippen LogP contribution in [0.1, 0.15) is 82.3 Å². The van der Waals surface area contributed by atoms with Gasteiger partial charge in [-0.25, -0.2) is 9.80 Å². The van der Waals surface area contributed by atoms with E-state index in [4.69, 9.17) is 9.94 Å². The number of hydroxylamine groups is 2. The predicted octanol–water partition coefficient (Wildman–Crippen LogP) is 6.26. The normalized spacial score (nSPS) is 17.6. The third-order valence-corrected chi connectivity index (χ3v) is 8.17. The zero-order chi connectivity index (χ0) is 26.7. The summed E-state index contributed by atoms with van der Waals surface area (Å²) < 4.78 is 0. The van der Waals surface area contributed by atoms with E-state index in [1.54, 1.807) is 0 Å². The smallest absolute Gasteiger partial charge is 0.346 e. The Hall–Kier alpha value is -2.64. The quantitative estimate of drug-likeness (QED) is 0.222. The Labute approximate surface area is 232 Å². The molecule has 38 heavy (non-hydrogen) atoms. The molecule has 1 atom stereocenters. The monoisotopic (exact) mass is 535 g/mol. The van der Waals surface area contributed by atoms with Crippen LogP contribution in [0.2, 0.25) is 0 Å². The van der Waals surface area contributed by atoms with E-state index in [1.807, 2.05) is 72.7 Å². The minimum absolute atomic E-state index is 0.240. The van der Waals surface area contributed by atoms with Crippen molar-refractivity contribution >= 4 is 30.2 Å². The molecule has 204 valence electrons. The van der Waals surface area contributed by atoms with E-state index in [1.165, 1.54) is 17.9 Å². The van der Waals surface area contributed by atoms with Crippen LogP contribution in [0.25, 0.3) is 0 Å². The van der Waals surface area contributed by atoms with E-state index < -0.39 is 11.9 Å². The van der Waals surface area contributed by atoms with Crippen molar-refractivity contribution in [2.75, 3.05) is 12.3 Å². The highest BCUT2D eigenvalue weighted by atomic mass is 32.1. The van der Waals surface area contributed by atoms with Gasteiger partial charge in [0.15, 0.2) is 0 Å². The highest BCUT2D eigenvalue weighted by Crippen LogP contribution is 2.30. The highest BCUT2D eigenvalue weighted by Gasteiger charge is 2.33. The lowest BCUT2D eigenvalue weighted by atomic mass is 9.90. The molecule has 2 fully saturated rings. The second kappa shape index (κ2) is 14.5. The number of thiol groups is 1. The number of hydrazone groups is 1. The molecule has 0 aromatic heterocycles. The molecule has 1 unspecified atom stereocenters. The summed E-state index contributed by atoms with van der Waals surface area (Å²) in [6, 6.07) is 20.0. The van der Waals surface area contributed by atoms with Crippen LogP contribution in [0.5, 0.6) is 0 Å². The van der Waals surface area contributed by atoms with Crippen molar-refractivity contribution < 1.29 is 14.4 Å². The summed E-state index contributed by atoms with van der Waals surface area (Å²) in [5.41, 5.74) is 2.37. The van der Waals surface area contributed by atoms with Crippen LogP contribution < -0.4 is 0 Å². The first-order valence-corrected chi connectivity index (χ1v) is 14.8. The van der Waals surface area contributed by atoms with Gasteiger partial charge in [0.05, 0.1) is 5.71 Å². The number of hydrogen-bond acceptors (Lipinski definition) is 6. The van der Waals surface area contributed by atoms with E-state index in [2.05, 4.69) is 12.6 Å². The molecule has 4 rings (SSSR count). The zero-order valence-corrected chi connectivity index (χ0v) is 23.4. The van der Waals surface area contributed by atoms with Crippen molar-refractivity contribution in [2.45, 2.75) is 83.2 Å². The summed E-state index contributed by atoms with van der Waals surface area (Å²) in [5, 5.41) is 8.10. The number of benzene rings is 2. The first-order chi connectivity index (χ1) is 18.6. The lowest BCUT2D eigenvalue weighted by molar-refractivity contribution is -0.223. The maximum atomic E-state index is 13.5. The molecule has 6 nitrogen and oxygen atoms in total. The number of carbonyl (C=O) groups is 2. The molecule has 2 aromatic carbocycles. The molecule has 7 heteroatoms. The molecular formula is C31H41N3O3S. The van der Waals surface area contributed by atoms with Gasteiger partial charge < -0.3 is 4.84 Å². The van der Waals surface area contributed by atoms with Gasteiger partial charge in [-0.15, -0.1) is 5.06 Å². The largest absolute Gasteiger partial charge is 0.366 e. The van der Waals surface area contributed by atoms with E-state index in [0.29, 0.717) is 11.5 Å². The van der Waals surface area contributed by atoms with Crippen LogP contribution in [0.4, 0.5) is 0 Å². The third-order valence-electron chi connectivity index (χ3n) is 7.62. The Bertz CT molecular complexity index is 991. The van der Waals surface area contributed by atoms with E-state index in [-0.39, 0.29) is 24.5 Å².